The number of fused-ring (bicyclic) bond motifs is 1. The number of nitrogens with two attached hydrogens (primary N) is 3. The van der Waals surface area contributed by atoms with E-state index < -0.39 is 12.0 Å². The van der Waals surface area contributed by atoms with Crippen LogP contribution in [0.1, 0.15) is 5.56 Å². The second kappa shape index (κ2) is 3.99. The molecular formula is C11H14N4O2. The minimum Gasteiger partial charge on any atom is -0.480 e. The maximum Gasteiger partial charge on any atom is 0.320 e. The zero-order valence-electron chi connectivity index (χ0n) is 9.10. The molecule has 0 saturated carbocycles. The highest BCUT2D eigenvalue weighted by Gasteiger charge is 2.16. The third-order valence-corrected chi connectivity index (χ3v) is 2.74. The number of carboxylic acid groups (broad SMARTS) is 1. The number of aromatic amines is 1. The number of carbonyl (C=O) groups is 1. The lowest BCUT2D eigenvalue weighted by Crippen LogP contribution is -2.32. The Morgan fingerprint density at radius 1 is 1.35 bits per heavy atom. The van der Waals surface area contributed by atoms with E-state index in [-0.39, 0.29) is 6.42 Å². The number of rotatable bonds is 3. The molecular weight excluding hydrogens is 220 g/mol. The van der Waals surface area contributed by atoms with Crippen LogP contribution in [0.3, 0.4) is 0 Å². The first kappa shape index (κ1) is 11.3. The van der Waals surface area contributed by atoms with Crippen LogP contribution in [0.4, 0.5) is 11.4 Å². The lowest BCUT2D eigenvalue weighted by atomic mass is 10.0. The van der Waals surface area contributed by atoms with Gasteiger partial charge in [0.15, 0.2) is 0 Å². The summed E-state index contributed by atoms with van der Waals surface area (Å²) in [6.07, 6.45) is 1.91. The van der Waals surface area contributed by atoms with Crippen LogP contribution < -0.4 is 17.2 Å². The first-order chi connectivity index (χ1) is 8.00. The molecule has 0 radical (unpaired) electrons. The highest BCUT2D eigenvalue weighted by atomic mass is 16.4. The zero-order chi connectivity index (χ0) is 12.6. The molecule has 2 rings (SSSR count). The Balaban J connectivity index is 2.49. The number of nitrogen functional groups attached to an aromatic ring is 2. The molecule has 6 nitrogen and oxygen atoms in total. The molecule has 0 amide bonds. The average Bonchev–Trinajstić information content (AvgIpc) is 2.68. The van der Waals surface area contributed by atoms with E-state index in [0.717, 1.165) is 16.5 Å². The van der Waals surface area contributed by atoms with E-state index in [4.69, 9.17) is 22.3 Å². The van der Waals surface area contributed by atoms with Crippen LogP contribution in [0.15, 0.2) is 18.3 Å². The number of carboxylic acids is 1. The smallest absolute Gasteiger partial charge is 0.320 e. The minimum absolute atomic E-state index is 0.211. The molecule has 0 aliphatic heterocycles. The number of aromatic nitrogens is 1. The van der Waals surface area contributed by atoms with Gasteiger partial charge in [0.05, 0.1) is 11.2 Å². The lowest BCUT2D eigenvalue weighted by molar-refractivity contribution is -0.138. The van der Waals surface area contributed by atoms with E-state index in [2.05, 4.69) is 4.98 Å². The normalized spacial score (nSPS) is 12.8. The van der Waals surface area contributed by atoms with Crippen LogP contribution in [0.2, 0.25) is 0 Å². The van der Waals surface area contributed by atoms with Crippen molar-refractivity contribution in [1.29, 1.82) is 0 Å². The van der Waals surface area contributed by atoms with Gasteiger partial charge in [0.1, 0.15) is 6.04 Å². The van der Waals surface area contributed by atoms with Crippen molar-refractivity contribution in [3.8, 4) is 0 Å². The van der Waals surface area contributed by atoms with Crippen molar-refractivity contribution < 1.29 is 9.90 Å². The monoisotopic (exact) mass is 234 g/mol. The predicted molar refractivity (Wildman–Crippen MR) is 66.4 cm³/mol. The number of nitrogens with one attached hydrogen (secondary N) is 1. The van der Waals surface area contributed by atoms with Gasteiger partial charge < -0.3 is 27.3 Å². The first-order valence-corrected chi connectivity index (χ1v) is 5.13. The van der Waals surface area contributed by atoms with Crippen LogP contribution in [0.5, 0.6) is 0 Å². The molecule has 17 heavy (non-hydrogen) atoms. The molecule has 0 aliphatic rings. The van der Waals surface area contributed by atoms with Crippen molar-refractivity contribution in [1.82, 2.24) is 4.98 Å². The molecule has 0 bridgehead atoms. The van der Waals surface area contributed by atoms with Gasteiger partial charge in [0, 0.05) is 23.7 Å². The largest absolute Gasteiger partial charge is 0.480 e. The molecule has 1 aromatic heterocycles. The second-order valence-electron chi connectivity index (χ2n) is 3.96. The van der Waals surface area contributed by atoms with Gasteiger partial charge in [-0.1, -0.05) is 0 Å². The van der Waals surface area contributed by atoms with Gasteiger partial charge in [-0.2, -0.15) is 0 Å². The van der Waals surface area contributed by atoms with Crippen molar-refractivity contribution >= 4 is 28.2 Å². The molecule has 0 aliphatic carbocycles. The highest BCUT2D eigenvalue weighted by molar-refractivity contribution is 6.00. The zero-order valence-corrected chi connectivity index (χ0v) is 9.10. The van der Waals surface area contributed by atoms with Gasteiger partial charge in [-0.25, -0.2) is 0 Å². The number of anilines is 2. The van der Waals surface area contributed by atoms with E-state index in [1.807, 2.05) is 0 Å². The molecule has 6 heteroatoms. The van der Waals surface area contributed by atoms with Gasteiger partial charge in [-0.3, -0.25) is 4.79 Å². The van der Waals surface area contributed by atoms with Crippen LogP contribution >= 0.6 is 0 Å². The Morgan fingerprint density at radius 2 is 2.00 bits per heavy atom. The number of aliphatic carboxylic acids is 1. The Morgan fingerprint density at radius 3 is 2.65 bits per heavy atom. The van der Waals surface area contributed by atoms with Gasteiger partial charge in [0.25, 0.3) is 0 Å². The van der Waals surface area contributed by atoms with Crippen molar-refractivity contribution in [2.45, 2.75) is 12.5 Å². The standard InChI is InChI=1S/C11H14N4O2/c12-6-1-2-7(13)10-9(6)5(4-15-10)3-8(14)11(16)17/h1-2,4,8,15H,3,12-14H2,(H,16,17). The fourth-order valence-electron chi connectivity index (χ4n) is 1.85. The average molecular weight is 234 g/mol. The first-order valence-electron chi connectivity index (χ1n) is 5.13. The van der Waals surface area contributed by atoms with Gasteiger partial charge in [-0.15, -0.1) is 0 Å². The summed E-state index contributed by atoms with van der Waals surface area (Å²) in [7, 11) is 0. The molecule has 90 valence electrons. The van der Waals surface area contributed by atoms with Crippen molar-refractivity contribution in [3.05, 3.63) is 23.9 Å². The third-order valence-electron chi connectivity index (χ3n) is 2.74. The summed E-state index contributed by atoms with van der Waals surface area (Å²) in [6.45, 7) is 0. The Hall–Kier alpha value is -2.21. The molecule has 0 fully saturated rings. The summed E-state index contributed by atoms with van der Waals surface area (Å²) in [5.41, 5.74) is 19.8. The van der Waals surface area contributed by atoms with E-state index in [9.17, 15) is 4.79 Å². The fraction of sp³-hybridized carbons (Fsp3) is 0.182. The lowest BCUT2D eigenvalue weighted by Gasteiger charge is -2.06. The molecule has 1 heterocycles. The molecule has 1 aromatic carbocycles. The molecule has 1 unspecified atom stereocenters. The topological polar surface area (TPSA) is 131 Å². The fourth-order valence-corrected chi connectivity index (χ4v) is 1.85. The Labute approximate surface area is 97.4 Å². The predicted octanol–water partition coefficient (Wildman–Crippen LogP) is 0.287. The molecule has 8 N–H and O–H groups in total. The number of hydrogen-bond acceptors (Lipinski definition) is 4. The minimum atomic E-state index is -1.04. The highest BCUT2D eigenvalue weighted by Crippen LogP contribution is 2.29. The summed E-state index contributed by atoms with van der Waals surface area (Å²) in [5, 5.41) is 9.54. The number of benzene rings is 1. The van der Waals surface area contributed by atoms with Crippen LogP contribution in [0.25, 0.3) is 10.9 Å². The summed E-state index contributed by atoms with van der Waals surface area (Å²) in [4.78, 5) is 13.7. The van der Waals surface area contributed by atoms with Crippen molar-refractivity contribution in [2.24, 2.45) is 5.73 Å². The van der Waals surface area contributed by atoms with E-state index in [1.54, 1.807) is 18.3 Å². The summed E-state index contributed by atoms with van der Waals surface area (Å²) < 4.78 is 0. The van der Waals surface area contributed by atoms with Gasteiger partial charge in [-0.05, 0) is 17.7 Å². The van der Waals surface area contributed by atoms with Crippen molar-refractivity contribution in [2.75, 3.05) is 11.5 Å². The summed E-state index contributed by atoms with van der Waals surface area (Å²) in [5.74, 6) is -1.04. The van der Waals surface area contributed by atoms with E-state index >= 15 is 0 Å². The maximum absolute atomic E-state index is 10.7. The number of H-pyrrole nitrogens is 1. The van der Waals surface area contributed by atoms with Crippen LogP contribution in [-0.4, -0.2) is 22.1 Å². The van der Waals surface area contributed by atoms with Crippen LogP contribution in [-0.2, 0) is 11.2 Å². The molecule has 2 aromatic rings. The van der Waals surface area contributed by atoms with Gasteiger partial charge in [0.2, 0.25) is 0 Å². The van der Waals surface area contributed by atoms with Crippen LogP contribution in [0, 0.1) is 0 Å². The van der Waals surface area contributed by atoms with Crippen molar-refractivity contribution in [3.63, 3.8) is 0 Å². The Bertz CT molecular complexity index is 576. The SMILES string of the molecule is Nc1ccc(N)c2c(CC(N)C(=O)O)c[nH]c12. The Kier molecular flexibility index (Phi) is 2.64. The molecule has 1 atom stereocenters. The van der Waals surface area contributed by atoms with E-state index in [1.165, 1.54) is 0 Å². The third kappa shape index (κ3) is 1.90. The van der Waals surface area contributed by atoms with E-state index in [0.29, 0.717) is 11.4 Å². The summed E-state index contributed by atoms with van der Waals surface area (Å²) in [6, 6.07) is 2.45. The molecule has 0 saturated heterocycles. The maximum atomic E-state index is 10.7. The quantitative estimate of drug-likeness (QED) is 0.487. The second-order valence-corrected chi connectivity index (χ2v) is 3.96. The number of hydrogen-bond donors (Lipinski definition) is 5. The van der Waals surface area contributed by atoms with Gasteiger partial charge >= 0.3 is 5.97 Å². The molecule has 0 spiro atoms. The summed E-state index contributed by atoms with van der Waals surface area (Å²) >= 11 is 0.